The van der Waals surface area contributed by atoms with E-state index in [-0.39, 0.29) is 6.07 Å². The summed E-state index contributed by atoms with van der Waals surface area (Å²) in [6.07, 6.45) is 0.844. The zero-order chi connectivity index (χ0) is 18.7. The van der Waals surface area contributed by atoms with E-state index in [1.54, 1.807) is 0 Å². The Labute approximate surface area is 142 Å². The second-order valence-corrected chi connectivity index (χ2v) is 6.41. The molecule has 0 saturated carbocycles. The van der Waals surface area contributed by atoms with Gasteiger partial charge in [-0.2, -0.15) is 8.78 Å². The molecule has 138 valence electrons. The van der Waals surface area contributed by atoms with E-state index in [1.807, 2.05) is 0 Å². The Morgan fingerprint density at radius 2 is 1.64 bits per heavy atom. The smallest absolute Gasteiger partial charge is 0.320 e. The van der Waals surface area contributed by atoms with Crippen molar-refractivity contribution in [3.8, 4) is 5.75 Å². The second kappa shape index (κ2) is 7.84. The van der Waals surface area contributed by atoms with Gasteiger partial charge in [0, 0.05) is 19.2 Å². The Bertz CT molecular complexity index is 644. The van der Waals surface area contributed by atoms with Gasteiger partial charge in [0.25, 0.3) is 0 Å². The molecule has 1 amide bonds. The average molecular weight is 361 g/mol. The molecular formula is C17H19F4NO3. The SMILES string of the molecule is CC(C)C1CCN(C(=O)CC(=O)Oc2c(F)c(F)cc(F)c2F)CC1. The predicted molar refractivity (Wildman–Crippen MR) is 80.7 cm³/mol. The molecule has 25 heavy (non-hydrogen) atoms. The third kappa shape index (κ3) is 4.49. The number of carbonyl (C=O) groups is 2. The molecule has 8 heteroatoms. The van der Waals surface area contributed by atoms with Crippen LogP contribution in [0.15, 0.2) is 6.07 Å². The van der Waals surface area contributed by atoms with Gasteiger partial charge in [-0.25, -0.2) is 8.78 Å². The number of hydrogen-bond donors (Lipinski definition) is 0. The lowest BCUT2D eigenvalue weighted by Gasteiger charge is -2.33. The van der Waals surface area contributed by atoms with Gasteiger partial charge in [0.05, 0.1) is 0 Å². The normalized spacial score (nSPS) is 15.6. The third-order valence-electron chi connectivity index (χ3n) is 4.42. The minimum Gasteiger partial charge on any atom is -0.420 e. The fraction of sp³-hybridized carbons (Fsp3) is 0.529. The average Bonchev–Trinajstić information content (AvgIpc) is 2.57. The lowest BCUT2D eigenvalue weighted by Crippen LogP contribution is -2.40. The number of ether oxygens (including phenoxy) is 1. The summed E-state index contributed by atoms with van der Waals surface area (Å²) in [4.78, 5) is 25.3. The van der Waals surface area contributed by atoms with Gasteiger partial charge in [0.2, 0.25) is 23.3 Å². The van der Waals surface area contributed by atoms with Crippen molar-refractivity contribution in [2.45, 2.75) is 33.1 Å². The number of piperidine rings is 1. The monoisotopic (exact) mass is 361 g/mol. The highest BCUT2D eigenvalue weighted by molar-refractivity contribution is 5.95. The van der Waals surface area contributed by atoms with E-state index in [0.29, 0.717) is 24.9 Å². The molecule has 0 radical (unpaired) electrons. The fourth-order valence-electron chi connectivity index (χ4n) is 2.84. The second-order valence-electron chi connectivity index (χ2n) is 6.41. The molecule has 0 atom stereocenters. The number of halogens is 4. The number of likely N-dealkylation sites (tertiary alicyclic amines) is 1. The van der Waals surface area contributed by atoms with Crippen molar-refractivity contribution in [1.29, 1.82) is 0 Å². The third-order valence-corrected chi connectivity index (χ3v) is 4.42. The van der Waals surface area contributed by atoms with Crippen molar-refractivity contribution in [2.24, 2.45) is 11.8 Å². The van der Waals surface area contributed by atoms with E-state index in [4.69, 9.17) is 0 Å². The molecule has 0 aromatic heterocycles. The molecule has 1 fully saturated rings. The van der Waals surface area contributed by atoms with Gasteiger partial charge in [-0.1, -0.05) is 13.8 Å². The maximum absolute atomic E-state index is 13.5. The first-order chi connectivity index (χ1) is 11.7. The van der Waals surface area contributed by atoms with Crippen molar-refractivity contribution < 1.29 is 31.9 Å². The first-order valence-electron chi connectivity index (χ1n) is 8.02. The molecule has 4 nitrogen and oxygen atoms in total. The minimum absolute atomic E-state index is 0.00598. The molecule has 0 bridgehead atoms. The number of nitrogens with zero attached hydrogens (tertiary/aromatic N) is 1. The Morgan fingerprint density at radius 1 is 1.12 bits per heavy atom. The van der Waals surface area contributed by atoms with Gasteiger partial charge in [0.15, 0.2) is 11.6 Å². The van der Waals surface area contributed by atoms with Crippen LogP contribution in [-0.2, 0) is 9.59 Å². The van der Waals surface area contributed by atoms with Crippen LogP contribution in [0.4, 0.5) is 17.6 Å². The number of hydrogen-bond acceptors (Lipinski definition) is 3. The molecule has 1 aromatic carbocycles. The van der Waals surface area contributed by atoms with Crippen LogP contribution in [0.1, 0.15) is 33.1 Å². The standard InChI is InChI=1S/C17H19F4NO3/c1-9(2)10-3-5-22(6-4-10)13(23)8-14(24)25-17-15(20)11(18)7-12(19)16(17)21/h7,9-10H,3-6,8H2,1-2H3. The van der Waals surface area contributed by atoms with Gasteiger partial charge < -0.3 is 9.64 Å². The van der Waals surface area contributed by atoms with Crippen LogP contribution in [0.3, 0.4) is 0 Å². The van der Waals surface area contributed by atoms with Crippen LogP contribution in [0.2, 0.25) is 0 Å². The summed E-state index contributed by atoms with van der Waals surface area (Å²) >= 11 is 0. The van der Waals surface area contributed by atoms with E-state index in [1.165, 1.54) is 4.90 Å². The number of carbonyl (C=O) groups excluding carboxylic acids is 2. The molecule has 1 saturated heterocycles. The molecule has 0 aliphatic carbocycles. The van der Waals surface area contributed by atoms with Crippen LogP contribution < -0.4 is 4.74 Å². The molecular weight excluding hydrogens is 342 g/mol. The van der Waals surface area contributed by atoms with Gasteiger partial charge in [-0.3, -0.25) is 9.59 Å². The van der Waals surface area contributed by atoms with Gasteiger partial charge in [-0.15, -0.1) is 0 Å². The van der Waals surface area contributed by atoms with Gasteiger partial charge in [0.1, 0.15) is 6.42 Å². The highest BCUT2D eigenvalue weighted by Gasteiger charge is 2.28. The Kier molecular flexibility index (Phi) is 6.02. The zero-order valence-corrected chi connectivity index (χ0v) is 14.0. The summed E-state index contributed by atoms with van der Waals surface area (Å²) < 4.78 is 57.4. The highest BCUT2D eigenvalue weighted by atomic mass is 19.2. The quantitative estimate of drug-likeness (QED) is 0.271. The summed E-state index contributed by atoms with van der Waals surface area (Å²) in [7, 11) is 0. The maximum atomic E-state index is 13.5. The Morgan fingerprint density at radius 3 is 2.12 bits per heavy atom. The summed E-state index contributed by atoms with van der Waals surface area (Å²) in [6, 6.07) is 0.00598. The summed E-state index contributed by atoms with van der Waals surface area (Å²) in [5, 5.41) is 0. The molecule has 0 unspecified atom stereocenters. The van der Waals surface area contributed by atoms with E-state index in [9.17, 15) is 27.2 Å². The zero-order valence-electron chi connectivity index (χ0n) is 14.0. The molecule has 1 aromatic rings. The Hall–Kier alpha value is -2.12. The van der Waals surface area contributed by atoms with E-state index >= 15 is 0 Å². The van der Waals surface area contributed by atoms with Crippen molar-refractivity contribution in [3.05, 3.63) is 29.3 Å². The van der Waals surface area contributed by atoms with Crippen molar-refractivity contribution in [3.63, 3.8) is 0 Å². The minimum atomic E-state index is -1.82. The van der Waals surface area contributed by atoms with Gasteiger partial charge >= 0.3 is 5.97 Å². The van der Waals surface area contributed by atoms with Crippen LogP contribution in [0.25, 0.3) is 0 Å². The first-order valence-corrected chi connectivity index (χ1v) is 8.02. The summed E-state index contributed by atoms with van der Waals surface area (Å²) in [6.45, 7) is 5.15. The molecule has 0 N–H and O–H groups in total. The number of rotatable bonds is 4. The van der Waals surface area contributed by atoms with E-state index in [0.717, 1.165) is 12.8 Å². The Balaban J connectivity index is 1.96. The molecule has 1 aliphatic heterocycles. The van der Waals surface area contributed by atoms with Crippen molar-refractivity contribution >= 4 is 11.9 Å². The van der Waals surface area contributed by atoms with Crippen LogP contribution >= 0.6 is 0 Å². The topological polar surface area (TPSA) is 46.6 Å². The van der Waals surface area contributed by atoms with Crippen LogP contribution in [0.5, 0.6) is 5.75 Å². The number of benzene rings is 1. The molecule has 1 aliphatic rings. The largest absolute Gasteiger partial charge is 0.420 e. The number of amides is 1. The maximum Gasteiger partial charge on any atom is 0.320 e. The summed E-state index contributed by atoms with van der Waals surface area (Å²) in [5.41, 5.74) is 0. The van der Waals surface area contributed by atoms with Crippen LogP contribution in [0, 0.1) is 35.1 Å². The molecule has 1 heterocycles. The lowest BCUT2D eigenvalue weighted by atomic mass is 9.86. The lowest BCUT2D eigenvalue weighted by molar-refractivity contribution is -0.143. The molecule has 2 rings (SSSR count). The van der Waals surface area contributed by atoms with E-state index in [2.05, 4.69) is 18.6 Å². The van der Waals surface area contributed by atoms with Crippen LogP contribution in [-0.4, -0.2) is 29.9 Å². The van der Waals surface area contributed by atoms with Gasteiger partial charge in [-0.05, 0) is 24.7 Å². The number of esters is 1. The summed E-state index contributed by atoms with van der Waals surface area (Å²) in [5.74, 6) is -9.34. The first kappa shape index (κ1) is 19.2. The van der Waals surface area contributed by atoms with Crippen molar-refractivity contribution in [2.75, 3.05) is 13.1 Å². The fourth-order valence-corrected chi connectivity index (χ4v) is 2.84. The predicted octanol–water partition coefficient (Wildman–Crippen LogP) is 3.43. The highest BCUT2D eigenvalue weighted by Crippen LogP contribution is 2.27. The van der Waals surface area contributed by atoms with Crippen molar-refractivity contribution in [1.82, 2.24) is 4.90 Å². The molecule has 0 spiro atoms. The van der Waals surface area contributed by atoms with E-state index < -0.39 is 47.3 Å².